The lowest BCUT2D eigenvalue weighted by molar-refractivity contribution is 0.436. The summed E-state index contributed by atoms with van der Waals surface area (Å²) < 4.78 is 11.4. The van der Waals surface area contributed by atoms with Crippen molar-refractivity contribution in [3.63, 3.8) is 0 Å². The Morgan fingerprint density at radius 2 is 0.935 bits per heavy atom. The van der Waals surface area contributed by atoms with Gasteiger partial charge in [-0.15, -0.1) is 0 Å². The lowest BCUT2D eigenvalue weighted by Crippen LogP contribution is -2.32. The van der Waals surface area contributed by atoms with E-state index in [0.29, 0.717) is 11.1 Å². The van der Waals surface area contributed by atoms with E-state index in [1.807, 2.05) is 73.1 Å². The molecule has 62 heavy (non-hydrogen) atoms. The van der Waals surface area contributed by atoms with Crippen LogP contribution in [-0.2, 0) is 5.41 Å². The lowest BCUT2D eigenvalue weighted by atomic mass is 9.66. The van der Waals surface area contributed by atoms with Gasteiger partial charge in [-0.1, -0.05) is 72.8 Å². The minimum atomic E-state index is -0.732. The zero-order valence-electron chi connectivity index (χ0n) is 32.9. The van der Waals surface area contributed by atoms with Crippen molar-refractivity contribution in [2.45, 2.75) is 5.41 Å². The molecule has 13 rings (SSSR count). The van der Waals surface area contributed by atoms with Crippen molar-refractivity contribution in [1.82, 2.24) is 19.1 Å². The largest absolute Gasteiger partial charge is 0.457 e. The van der Waals surface area contributed by atoms with Gasteiger partial charge in [-0.3, -0.25) is 9.97 Å². The number of fused-ring (bicyclic) bond motifs is 15. The number of nitriles is 2. The van der Waals surface area contributed by atoms with Crippen LogP contribution in [0.4, 0.5) is 0 Å². The Labute approximate surface area is 355 Å². The predicted octanol–water partition coefficient (Wildman–Crippen LogP) is 12.5. The quantitative estimate of drug-likeness (QED) is 0.178. The molecule has 7 heteroatoms. The van der Waals surface area contributed by atoms with Gasteiger partial charge in [-0.05, 0) is 119 Å². The molecule has 2 aliphatic rings. The Bertz CT molecular complexity index is 3640. The molecule has 0 unspecified atom stereocenters. The van der Waals surface area contributed by atoms with Gasteiger partial charge in [0.25, 0.3) is 0 Å². The van der Waals surface area contributed by atoms with Crippen LogP contribution in [0.1, 0.15) is 33.4 Å². The van der Waals surface area contributed by atoms with Crippen molar-refractivity contribution >= 4 is 43.6 Å². The molecular formula is C55H30N6O. The van der Waals surface area contributed by atoms with Crippen LogP contribution in [0.15, 0.2) is 182 Å². The van der Waals surface area contributed by atoms with E-state index in [4.69, 9.17) is 14.7 Å². The minimum absolute atomic E-state index is 0.615. The molecule has 0 atom stereocenters. The first-order valence-corrected chi connectivity index (χ1v) is 20.5. The Kier molecular flexibility index (Phi) is 6.94. The van der Waals surface area contributed by atoms with Gasteiger partial charge in [0.2, 0.25) is 0 Å². The molecular weight excluding hydrogens is 761 g/mol. The molecule has 0 saturated heterocycles. The van der Waals surface area contributed by atoms with E-state index in [9.17, 15) is 10.5 Å². The number of hydrogen-bond acceptors (Lipinski definition) is 5. The Balaban J connectivity index is 1.13. The topological polar surface area (TPSA) is 92.4 Å². The summed E-state index contributed by atoms with van der Waals surface area (Å²) in [7, 11) is 0. The van der Waals surface area contributed by atoms with Gasteiger partial charge < -0.3 is 13.9 Å². The summed E-state index contributed by atoms with van der Waals surface area (Å²) in [6.07, 6.45) is 3.69. The Morgan fingerprint density at radius 1 is 0.419 bits per heavy atom. The van der Waals surface area contributed by atoms with E-state index in [2.05, 4.69) is 130 Å². The second kappa shape index (κ2) is 12.6. The zero-order valence-corrected chi connectivity index (χ0v) is 32.9. The third-order valence-electron chi connectivity index (χ3n) is 12.9. The fourth-order valence-electron chi connectivity index (χ4n) is 10.4. The number of nitrogens with zero attached hydrogens (tertiary/aromatic N) is 6. The number of pyridine rings is 2. The van der Waals surface area contributed by atoms with Crippen molar-refractivity contribution < 1.29 is 4.74 Å². The number of ether oxygens (including phenoxy) is 1. The fraction of sp³-hybridized carbons (Fsp3) is 0.0182. The maximum atomic E-state index is 9.93. The van der Waals surface area contributed by atoms with E-state index >= 15 is 0 Å². The van der Waals surface area contributed by atoms with Gasteiger partial charge >= 0.3 is 0 Å². The number of aromatic nitrogens is 4. The number of benzene rings is 7. The SMILES string of the molecule is N#Cc1ccc2c(c1)c1ccccc1n2-c1cc(-c2ccc3c(c2)C2(c4ccccc4O3)c3cccnc3-c3ncccc32)cc(-n2c3ccccc3c3cc(C#N)ccc32)c1. The van der Waals surface area contributed by atoms with E-state index in [-0.39, 0.29) is 0 Å². The third-order valence-corrected chi connectivity index (χ3v) is 12.9. The van der Waals surface area contributed by atoms with E-state index in [0.717, 1.165) is 111 Å². The van der Waals surface area contributed by atoms with Crippen molar-refractivity contribution in [1.29, 1.82) is 10.5 Å². The highest BCUT2D eigenvalue weighted by atomic mass is 16.5. The third kappa shape index (κ3) is 4.51. The van der Waals surface area contributed by atoms with Crippen LogP contribution in [0.2, 0.25) is 0 Å². The van der Waals surface area contributed by atoms with Crippen LogP contribution in [0.25, 0.3) is 77.5 Å². The van der Waals surface area contributed by atoms with E-state index < -0.39 is 5.41 Å². The lowest BCUT2D eigenvalue weighted by Gasteiger charge is -2.39. The molecule has 0 N–H and O–H groups in total. The van der Waals surface area contributed by atoms with Crippen molar-refractivity contribution in [3.8, 4) is 57.5 Å². The van der Waals surface area contributed by atoms with Crippen LogP contribution < -0.4 is 4.74 Å². The first kappa shape index (κ1) is 34.1. The molecule has 1 spiro atoms. The fourth-order valence-corrected chi connectivity index (χ4v) is 10.4. The summed E-state index contributed by atoms with van der Waals surface area (Å²) in [5.74, 6) is 1.59. The summed E-state index contributed by atoms with van der Waals surface area (Å²) in [6, 6.07) is 63.4. The first-order valence-electron chi connectivity index (χ1n) is 20.5. The molecule has 0 fully saturated rings. The highest BCUT2D eigenvalue weighted by Crippen LogP contribution is 2.61. The summed E-state index contributed by atoms with van der Waals surface area (Å²) >= 11 is 0. The van der Waals surface area contributed by atoms with Crippen molar-refractivity contribution in [2.24, 2.45) is 0 Å². The second-order valence-corrected chi connectivity index (χ2v) is 16.0. The molecule has 11 aromatic rings. The highest BCUT2D eigenvalue weighted by Gasteiger charge is 2.52. The van der Waals surface area contributed by atoms with Gasteiger partial charge in [0, 0.05) is 56.4 Å². The molecule has 1 aliphatic heterocycles. The highest BCUT2D eigenvalue weighted by molar-refractivity contribution is 6.11. The van der Waals surface area contributed by atoms with Gasteiger partial charge in [-0.2, -0.15) is 10.5 Å². The van der Waals surface area contributed by atoms with Crippen LogP contribution in [0, 0.1) is 22.7 Å². The first-order chi connectivity index (χ1) is 30.6. The average Bonchev–Trinajstić information content (AvgIpc) is 3.95. The van der Waals surface area contributed by atoms with Gasteiger partial charge in [-0.25, -0.2) is 0 Å². The normalized spacial score (nSPS) is 13.1. The smallest absolute Gasteiger partial charge is 0.132 e. The van der Waals surface area contributed by atoms with Crippen LogP contribution in [-0.4, -0.2) is 19.1 Å². The molecule has 0 bridgehead atoms. The molecule has 0 amide bonds. The van der Waals surface area contributed by atoms with Crippen LogP contribution in [0.5, 0.6) is 11.5 Å². The van der Waals surface area contributed by atoms with Crippen LogP contribution >= 0.6 is 0 Å². The molecule has 1 aliphatic carbocycles. The van der Waals surface area contributed by atoms with E-state index in [1.54, 1.807) is 0 Å². The molecule has 7 aromatic carbocycles. The molecule has 0 saturated carbocycles. The summed E-state index contributed by atoms with van der Waals surface area (Å²) in [6.45, 7) is 0. The van der Waals surface area contributed by atoms with Crippen molar-refractivity contribution in [3.05, 3.63) is 216 Å². The van der Waals surface area contributed by atoms with Gasteiger partial charge in [0.1, 0.15) is 11.5 Å². The molecule has 0 radical (unpaired) electrons. The molecule has 7 nitrogen and oxygen atoms in total. The Hall–Kier alpha value is -8.78. The minimum Gasteiger partial charge on any atom is -0.457 e. The second-order valence-electron chi connectivity index (χ2n) is 16.0. The Morgan fingerprint density at radius 3 is 1.53 bits per heavy atom. The van der Waals surface area contributed by atoms with Crippen molar-refractivity contribution in [2.75, 3.05) is 0 Å². The maximum Gasteiger partial charge on any atom is 0.132 e. The van der Waals surface area contributed by atoms with Crippen LogP contribution in [0.3, 0.4) is 0 Å². The molecule has 5 heterocycles. The van der Waals surface area contributed by atoms with Gasteiger partial charge in [0.05, 0.1) is 62.1 Å². The summed E-state index contributed by atoms with van der Waals surface area (Å²) in [4.78, 5) is 9.87. The molecule has 4 aromatic heterocycles. The summed E-state index contributed by atoms with van der Waals surface area (Å²) in [5.41, 5.74) is 14.5. The number of hydrogen-bond donors (Lipinski definition) is 0. The number of rotatable bonds is 3. The van der Waals surface area contributed by atoms with Gasteiger partial charge in [0.15, 0.2) is 0 Å². The average molecular weight is 791 g/mol. The maximum absolute atomic E-state index is 9.93. The summed E-state index contributed by atoms with van der Waals surface area (Å²) in [5, 5.41) is 24.0. The molecule has 286 valence electrons. The predicted molar refractivity (Wildman–Crippen MR) is 243 cm³/mol. The van der Waals surface area contributed by atoms with E-state index in [1.165, 1.54) is 0 Å². The standard InChI is InChI=1S/C55H30N6O/c56-31-33-17-20-49-41(25-33)39-9-1-4-14-47(39)60(49)37-27-36(28-38(30-37)61-48-15-5-2-10-40(48)42-26-34(32-57)18-21-50(42)61)35-19-22-52-46(29-35)55(43-11-3-6-16-51(43)62-52)44-12-7-23-58-53(44)54-45(55)13-8-24-59-54/h1-30H. The number of para-hydroxylation sites is 3. The monoisotopic (exact) mass is 790 g/mol. The zero-order chi connectivity index (χ0) is 41.1.